The van der Waals surface area contributed by atoms with Gasteiger partial charge in [-0.1, -0.05) is 5.21 Å². The van der Waals surface area contributed by atoms with Gasteiger partial charge in [-0.05, 0) is 24.3 Å². The Hall–Kier alpha value is -2.22. The summed E-state index contributed by atoms with van der Waals surface area (Å²) in [5.41, 5.74) is 1.94. The summed E-state index contributed by atoms with van der Waals surface area (Å²) in [5, 5.41) is 13.0. The normalized spacial score (nSPS) is 14.7. The fourth-order valence-corrected chi connectivity index (χ4v) is 3.16. The van der Waals surface area contributed by atoms with Crippen LogP contribution in [-0.4, -0.2) is 45.6 Å². The number of amides is 2. The number of carbonyl (C=O) groups is 1. The predicted molar refractivity (Wildman–Crippen MR) is 89.6 cm³/mol. The Bertz CT molecular complexity index is 635. The Kier molecular flexibility index (Phi) is 4.47. The van der Waals surface area contributed by atoms with Crippen molar-refractivity contribution in [3.63, 3.8) is 0 Å². The van der Waals surface area contributed by atoms with Crippen molar-refractivity contribution in [2.45, 2.75) is 0 Å². The van der Waals surface area contributed by atoms with E-state index >= 15 is 0 Å². The molecule has 0 atom stereocenters. The van der Waals surface area contributed by atoms with Gasteiger partial charge >= 0.3 is 6.03 Å². The van der Waals surface area contributed by atoms with Gasteiger partial charge < -0.3 is 10.2 Å². The zero-order valence-electron chi connectivity index (χ0n) is 12.3. The maximum atomic E-state index is 11.9. The molecule has 1 aromatic carbocycles. The number of thioether (sulfide) groups is 1. The molecule has 0 radical (unpaired) electrons. The summed E-state index contributed by atoms with van der Waals surface area (Å²) in [6.45, 7) is 2.15. The summed E-state index contributed by atoms with van der Waals surface area (Å²) < 4.78 is 1.53. The summed E-state index contributed by atoms with van der Waals surface area (Å²) in [7, 11) is 1.74. The van der Waals surface area contributed by atoms with Crippen LogP contribution in [0.25, 0.3) is 0 Å². The van der Waals surface area contributed by atoms with Gasteiger partial charge in [0.05, 0.1) is 6.20 Å². The number of nitrogens with one attached hydrogen (secondary N) is 2. The lowest BCUT2D eigenvalue weighted by Gasteiger charge is -2.28. The van der Waals surface area contributed by atoms with Crippen molar-refractivity contribution in [2.24, 2.45) is 7.05 Å². The van der Waals surface area contributed by atoms with Gasteiger partial charge in [0.15, 0.2) is 5.82 Å². The van der Waals surface area contributed by atoms with Gasteiger partial charge in [-0.3, -0.25) is 10.00 Å². The molecule has 1 aliphatic rings. The smallest absolute Gasteiger partial charge is 0.324 e. The SMILES string of the molecule is Cn1cc(NC(=O)Nc2ccc(N3CCSCC3)cc2)nn1. The van der Waals surface area contributed by atoms with Crippen LogP contribution in [0.5, 0.6) is 0 Å². The second-order valence-corrected chi connectivity index (χ2v) is 6.23. The van der Waals surface area contributed by atoms with Crippen molar-refractivity contribution in [1.29, 1.82) is 0 Å². The second kappa shape index (κ2) is 6.69. The number of aromatic nitrogens is 3. The molecule has 1 saturated heterocycles. The highest BCUT2D eigenvalue weighted by atomic mass is 32.2. The second-order valence-electron chi connectivity index (χ2n) is 5.00. The molecule has 3 rings (SSSR count). The molecule has 1 aromatic heterocycles. The van der Waals surface area contributed by atoms with E-state index in [9.17, 15) is 4.79 Å². The molecule has 2 heterocycles. The van der Waals surface area contributed by atoms with Gasteiger partial charge in [-0.15, -0.1) is 5.10 Å². The van der Waals surface area contributed by atoms with Crippen LogP contribution >= 0.6 is 11.8 Å². The fourth-order valence-electron chi connectivity index (χ4n) is 2.26. The van der Waals surface area contributed by atoms with E-state index in [2.05, 4.69) is 25.8 Å². The summed E-state index contributed by atoms with van der Waals surface area (Å²) in [4.78, 5) is 14.2. The van der Waals surface area contributed by atoms with Gasteiger partial charge in [0.2, 0.25) is 0 Å². The first kappa shape index (κ1) is 14.7. The van der Waals surface area contributed by atoms with Crippen LogP contribution in [-0.2, 0) is 7.05 Å². The first-order chi connectivity index (χ1) is 10.7. The van der Waals surface area contributed by atoms with Gasteiger partial charge in [-0.2, -0.15) is 11.8 Å². The molecule has 1 aliphatic heterocycles. The Labute approximate surface area is 133 Å². The lowest BCUT2D eigenvalue weighted by Crippen LogP contribution is -2.32. The number of rotatable bonds is 3. The number of hydrogen-bond acceptors (Lipinski definition) is 5. The molecule has 2 aromatic rings. The highest BCUT2D eigenvalue weighted by Gasteiger charge is 2.11. The molecular weight excluding hydrogens is 300 g/mol. The van der Waals surface area contributed by atoms with E-state index in [4.69, 9.17) is 0 Å². The molecule has 116 valence electrons. The monoisotopic (exact) mass is 318 g/mol. The number of hydrogen-bond donors (Lipinski definition) is 2. The average molecular weight is 318 g/mol. The van der Waals surface area contributed by atoms with Gasteiger partial charge in [-0.25, -0.2) is 4.79 Å². The van der Waals surface area contributed by atoms with Crippen LogP contribution in [0.2, 0.25) is 0 Å². The highest BCUT2D eigenvalue weighted by Crippen LogP contribution is 2.21. The van der Waals surface area contributed by atoms with E-state index in [0.717, 1.165) is 18.8 Å². The number of aryl methyl sites for hydroxylation is 1. The van der Waals surface area contributed by atoms with Crippen LogP contribution < -0.4 is 15.5 Å². The summed E-state index contributed by atoms with van der Waals surface area (Å²) in [5.74, 6) is 2.75. The van der Waals surface area contributed by atoms with Crippen LogP contribution in [0.4, 0.5) is 22.0 Å². The van der Waals surface area contributed by atoms with Crippen molar-refractivity contribution < 1.29 is 4.79 Å². The van der Waals surface area contributed by atoms with Gasteiger partial charge in [0, 0.05) is 43.0 Å². The molecular formula is C14H18N6OS. The van der Waals surface area contributed by atoms with E-state index in [-0.39, 0.29) is 6.03 Å². The van der Waals surface area contributed by atoms with E-state index in [1.165, 1.54) is 21.9 Å². The van der Waals surface area contributed by atoms with Crippen molar-refractivity contribution in [1.82, 2.24) is 15.0 Å². The standard InChI is InChI=1S/C14H18N6OS/c1-19-10-13(17-18-19)16-14(21)15-11-2-4-12(5-3-11)20-6-8-22-9-7-20/h2-5,10H,6-9H2,1H3,(H2,15,16,21). The average Bonchev–Trinajstić information content (AvgIpc) is 2.94. The van der Waals surface area contributed by atoms with Gasteiger partial charge in [0.25, 0.3) is 0 Å². The van der Waals surface area contributed by atoms with E-state index < -0.39 is 0 Å². The largest absolute Gasteiger partial charge is 0.370 e. The Morgan fingerprint density at radius 1 is 1.18 bits per heavy atom. The van der Waals surface area contributed by atoms with Gasteiger partial charge in [0.1, 0.15) is 0 Å². The van der Waals surface area contributed by atoms with Crippen LogP contribution in [0.3, 0.4) is 0 Å². The number of benzene rings is 1. The minimum Gasteiger partial charge on any atom is -0.370 e. The maximum Gasteiger partial charge on any atom is 0.324 e. The quantitative estimate of drug-likeness (QED) is 0.905. The summed E-state index contributed by atoms with van der Waals surface area (Å²) in [6.07, 6.45) is 1.64. The van der Waals surface area contributed by atoms with E-state index in [0.29, 0.717) is 5.82 Å². The highest BCUT2D eigenvalue weighted by molar-refractivity contribution is 7.99. The van der Waals surface area contributed by atoms with Crippen molar-refractivity contribution in [3.8, 4) is 0 Å². The predicted octanol–water partition coefficient (Wildman–Crippen LogP) is 2.01. The van der Waals surface area contributed by atoms with Crippen molar-refractivity contribution in [2.75, 3.05) is 40.1 Å². The lowest BCUT2D eigenvalue weighted by atomic mass is 10.2. The molecule has 2 N–H and O–H groups in total. The number of anilines is 3. The first-order valence-electron chi connectivity index (χ1n) is 7.08. The summed E-state index contributed by atoms with van der Waals surface area (Å²) >= 11 is 1.99. The molecule has 8 heteroatoms. The zero-order chi connectivity index (χ0) is 15.4. The molecule has 2 amide bonds. The van der Waals surface area contributed by atoms with Crippen molar-refractivity contribution in [3.05, 3.63) is 30.5 Å². The molecule has 0 bridgehead atoms. The molecule has 7 nitrogen and oxygen atoms in total. The third-order valence-electron chi connectivity index (χ3n) is 3.35. The number of urea groups is 1. The maximum absolute atomic E-state index is 11.9. The molecule has 0 spiro atoms. The summed E-state index contributed by atoms with van der Waals surface area (Å²) in [6, 6.07) is 7.56. The molecule has 0 aliphatic carbocycles. The number of carbonyl (C=O) groups excluding carboxylic acids is 1. The molecule has 0 unspecified atom stereocenters. The zero-order valence-corrected chi connectivity index (χ0v) is 13.1. The Morgan fingerprint density at radius 2 is 1.91 bits per heavy atom. The van der Waals surface area contributed by atoms with E-state index in [1.54, 1.807) is 13.2 Å². The van der Waals surface area contributed by atoms with Crippen LogP contribution in [0.15, 0.2) is 30.5 Å². The minimum absolute atomic E-state index is 0.331. The molecule has 22 heavy (non-hydrogen) atoms. The van der Waals surface area contributed by atoms with Crippen molar-refractivity contribution >= 4 is 35.0 Å². The van der Waals surface area contributed by atoms with E-state index in [1.807, 2.05) is 36.0 Å². The Morgan fingerprint density at radius 3 is 2.55 bits per heavy atom. The third kappa shape index (κ3) is 3.70. The number of nitrogens with zero attached hydrogens (tertiary/aromatic N) is 4. The van der Waals surface area contributed by atoms with Crippen LogP contribution in [0.1, 0.15) is 0 Å². The minimum atomic E-state index is -0.331. The van der Waals surface area contributed by atoms with Crippen LogP contribution in [0, 0.1) is 0 Å². The first-order valence-corrected chi connectivity index (χ1v) is 8.23. The fraction of sp³-hybridized carbons (Fsp3) is 0.357. The Balaban J connectivity index is 1.57. The lowest BCUT2D eigenvalue weighted by molar-refractivity contribution is 0.262. The molecule has 1 fully saturated rings. The molecule has 0 saturated carbocycles. The topological polar surface area (TPSA) is 75.1 Å². The third-order valence-corrected chi connectivity index (χ3v) is 4.29.